The summed E-state index contributed by atoms with van der Waals surface area (Å²) in [4.78, 5) is 81.1. The van der Waals surface area contributed by atoms with Crippen molar-refractivity contribution in [3.8, 4) is 50.8 Å². The van der Waals surface area contributed by atoms with E-state index in [2.05, 4.69) is 135 Å². The monoisotopic (exact) mass is 1540 g/mol. The maximum atomic E-state index is 14.1. The van der Waals surface area contributed by atoms with Crippen LogP contribution >= 0.6 is 89.4 Å². The number of aliphatic hydroxyl groups excluding tert-OH is 1. The smallest absolute Gasteiger partial charge is 0.396 e. The number of ketones is 1. The number of hydrogen-bond acceptors (Lipinski definition) is 20. The highest BCUT2D eigenvalue weighted by Gasteiger charge is 2.20. The predicted molar refractivity (Wildman–Crippen MR) is 391 cm³/mol. The second-order valence-corrected chi connectivity index (χ2v) is 25.1. The molecule has 7 N–H and O–H groups in total. The molecule has 0 fully saturated rings. The molecule has 18 nitrogen and oxygen atoms in total. The Morgan fingerprint density at radius 2 is 0.887 bits per heavy atom. The van der Waals surface area contributed by atoms with E-state index in [-0.39, 0.29) is 42.3 Å². The summed E-state index contributed by atoms with van der Waals surface area (Å²) >= 11 is 16.7. The standard InChI is InChI=1S/C18H14F2N2O2S.C13H13NO2S.C11H10BrNS.C11H11NOS.C9H9BrO.C4H7NO3.C4H7NO2S/c1-10-2-4-11(5-3-10)13-9-25-15(22-13)8-24-14-7-6-12(19)16(17(14)20)18(21)23;1-3-16-13(15)12-14-11(8-17-12)10-6-4-9(2)5-7-10;1-8-2-4-9(5-3-8)10-7-14-11(6-12)13-10;1-8-2-4-9(5-3-8)10-7-14-11(6-13)12-10;1-7-2-4-8(5-3-7)9(11)6-10;1-2-8-4(7)3(5)6;1-2-7-4(6)3(5)8/h2-7,9H,8H2,1H3,(H2,21,23);4-8H,3H2,1-2H3;2-5,7H,6H2,1H3;2-5,7,13H,6H2,1H3;2-5H,6H2,1H3;2H2,1H3,(H2,5,6);2H2,1H3,(H2,5,8). The lowest BCUT2D eigenvalue weighted by molar-refractivity contribution is -0.153. The maximum Gasteiger partial charge on any atom is 0.396 e. The molecule has 6 aromatic carbocycles. The third-order valence-electron chi connectivity index (χ3n) is 12.3. The molecule has 4 heterocycles. The van der Waals surface area contributed by atoms with Gasteiger partial charge in [-0.15, -0.1) is 45.3 Å². The lowest BCUT2D eigenvalue weighted by Gasteiger charge is -2.08. The summed E-state index contributed by atoms with van der Waals surface area (Å²) in [6, 6.07) is 42.3. The van der Waals surface area contributed by atoms with Crippen molar-refractivity contribution >= 4 is 130 Å². The molecule has 0 aliphatic rings. The van der Waals surface area contributed by atoms with Gasteiger partial charge in [0.25, 0.3) is 5.91 Å². The second-order valence-electron chi connectivity index (χ2n) is 19.9. The van der Waals surface area contributed by atoms with Gasteiger partial charge in [-0.3, -0.25) is 14.4 Å². The molecule has 0 aliphatic heterocycles. The predicted octanol–water partition coefficient (Wildman–Crippen LogP) is 15.4. The maximum absolute atomic E-state index is 14.1. The summed E-state index contributed by atoms with van der Waals surface area (Å²) in [7, 11) is 0. The molecule has 10 rings (SSSR count). The minimum absolute atomic E-state index is 0.00270. The lowest BCUT2D eigenvalue weighted by atomic mass is 10.1. The Bertz CT molecular complexity index is 4040. The molecule has 510 valence electrons. The molecule has 0 aliphatic carbocycles. The van der Waals surface area contributed by atoms with Crippen molar-refractivity contribution in [3.05, 3.63) is 226 Å². The van der Waals surface area contributed by atoms with E-state index < -0.39 is 41.0 Å². The number of Topliss-reactive ketones (excluding diaryl/α,β-unsaturated/α-hetero) is 1. The van der Waals surface area contributed by atoms with E-state index in [1.54, 1.807) is 32.1 Å². The van der Waals surface area contributed by atoms with Crippen LogP contribution in [0, 0.1) is 46.3 Å². The van der Waals surface area contributed by atoms with Gasteiger partial charge in [0.2, 0.25) is 5.01 Å². The third-order valence-corrected chi connectivity index (χ3v) is 17.3. The van der Waals surface area contributed by atoms with E-state index in [0.717, 1.165) is 78.1 Å². The molecular weight excluding hydrogens is 1470 g/mol. The molecular formula is C70H71Br2F2N7O11S5. The normalized spacial score (nSPS) is 9.99. The number of esters is 3. The highest BCUT2D eigenvalue weighted by molar-refractivity contribution is 9.09. The molecule has 0 atom stereocenters. The number of aromatic nitrogens is 4. The van der Waals surface area contributed by atoms with Crippen molar-refractivity contribution in [2.75, 3.05) is 25.2 Å². The first kappa shape index (κ1) is 80.8. The molecule has 10 aromatic rings. The Hall–Kier alpha value is -8.67. The van der Waals surface area contributed by atoms with E-state index in [1.165, 1.54) is 61.8 Å². The van der Waals surface area contributed by atoms with Gasteiger partial charge in [-0.2, -0.15) is 0 Å². The van der Waals surface area contributed by atoms with Crippen LogP contribution in [0.25, 0.3) is 45.0 Å². The molecule has 97 heavy (non-hydrogen) atoms. The van der Waals surface area contributed by atoms with Crippen molar-refractivity contribution in [1.29, 1.82) is 0 Å². The number of aryl methyl sites for hydroxylation is 5. The van der Waals surface area contributed by atoms with Crippen molar-refractivity contribution in [2.24, 2.45) is 17.2 Å². The number of benzene rings is 6. The fraction of sp³-hybridized carbons (Fsp3) is 0.214. The van der Waals surface area contributed by atoms with Gasteiger partial charge in [0.15, 0.2) is 22.3 Å². The van der Waals surface area contributed by atoms with Crippen LogP contribution in [0.5, 0.6) is 5.75 Å². The SMILES string of the molecule is CCOC(=O)C(N)=O.CCOC(=O)C(N)=S.CCOC(=O)c1nc(-c2ccc(C)cc2)cs1.Cc1ccc(-c2csc(CBr)n2)cc1.Cc1ccc(-c2csc(CO)n2)cc1.Cc1ccc(-c2csc(COc3ccc(F)c(C(N)=O)c3F)n2)cc1.Cc1ccc(C(=O)CBr)cc1. The van der Waals surface area contributed by atoms with Crippen LogP contribution in [0.1, 0.15) is 94.1 Å². The first-order chi connectivity index (χ1) is 46.3. The molecule has 4 aromatic heterocycles. The zero-order valence-electron chi connectivity index (χ0n) is 54.1. The molecule has 0 saturated heterocycles. The van der Waals surface area contributed by atoms with Crippen molar-refractivity contribution < 1.29 is 61.6 Å². The number of nitrogens with zero attached hydrogens (tertiary/aromatic N) is 4. The van der Waals surface area contributed by atoms with E-state index in [9.17, 15) is 37.5 Å². The number of thiazole rings is 4. The minimum atomic E-state index is -1.18. The number of carbonyl (C=O) groups is 6. The number of halogens is 4. The van der Waals surface area contributed by atoms with Crippen LogP contribution in [0.4, 0.5) is 8.78 Å². The van der Waals surface area contributed by atoms with Crippen LogP contribution in [-0.4, -0.2) is 90.7 Å². The quantitative estimate of drug-likeness (QED) is 0.0175. The molecule has 0 spiro atoms. The summed E-state index contributed by atoms with van der Waals surface area (Å²) < 4.78 is 46.4. The average molecular weight is 1540 g/mol. The fourth-order valence-electron chi connectivity index (χ4n) is 7.35. The number of alkyl halides is 2. The number of primary amides is 2. The highest BCUT2D eigenvalue weighted by atomic mass is 79.9. The van der Waals surface area contributed by atoms with Gasteiger partial charge in [0.05, 0.1) is 59.9 Å². The third kappa shape index (κ3) is 28.1. The number of hydrogen-bond donors (Lipinski definition) is 4. The largest absolute Gasteiger partial charge is 0.483 e. The number of aliphatic hydroxyl groups is 1. The van der Waals surface area contributed by atoms with Gasteiger partial charge >= 0.3 is 23.8 Å². The zero-order valence-corrected chi connectivity index (χ0v) is 61.3. The van der Waals surface area contributed by atoms with Gasteiger partial charge in [-0.05, 0) is 67.5 Å². The van der Waals surface area contributed by atoms with Gasteiger partial charge < -0.3 is 41.3 Å². The topological polar surface area (TPSA) is 289 Å². The first-order valence-corrected chi connectivity index (χ1v) is 35.4. The minimum Gasteiger partial charge on any atom is -0.483 e. The van der Waals surface area contributed by atoms with Gasteiger partial charge in [-0.25, -0.2) is 43.1 Å². The number of nitrogens with two attached hydrogens (primary N) is 3. The van der Waals surface area contributed by atoms with E-state index in [4.69, 9.17) is 26.0 Å². The van der Waals surface area contributed by atoms with E-state index >= 15 is 0 Å². The van der Waals surface area contributed by atoms with Crippen LogP contribution in [0.15, 0.2) is 155 Å². The first-order valence-electron chi connectivity index (χ1n) is 29.3. The van der Waals surface area contributed by atoms with Crippen molar-refractivity contribution in [2.45, 2.75) is 73.9 Å². The van der Waals surface area contributed by atoms with Crippen molar-refractivity contribution in [3.63, 3.8) is 0 Å². The van der Waals surface area contributed by atoms with Crippen LogP contribution in [0.2, 0.25) is 0 Å². The van der Waals surface area contributed by atoms with Gasteiger partial charge in [0.1, 0.15) is 33.0 Å². The van der Waals surface area contributed by atoms with Crippen LogP contribution in [-0.2, 0) is 47.1 Å². The number of carbonyl (C=O) groups excluding carboxylic acids is 6. The summed E-state index contributed by atoms with van der Waals surface area (Å²) in [5.41, 5.74) is 28.3. The number of ether oxygens (including phenoxy) is 4. The van der Waals surface area contributed by atoms with E-state index in [0.29, 0.717) is 28.6 Å². The van der Waals surface area contributed by atoms with E-state index in [1.807, 2.05) is 122 Å². The van der Waals surface area contributed by atoms with Crippen LogP contribution < -0.4 is 21.9 Å². The highest BCUT2D eigenvalue weighted by Crippen LogP contribution is 2.28. The lowest BCUT2D eigenvalue weighted by Crippen LogP contribution is -2.25. The molecule has 27 heteroatoms. The summed E-state index contributed by atoms with van der Waals surface area (Å²) in [5, 5.41) is 20.9. The Balaban J connectivity index is 0.000000249. The van der Waals surface area contributed by atoms with Gasteiger partial charge in [-0.1, -0.05) is 193 Å². The number of rotatable bonds is 16. The molecule has 2 amide bonds. The molecule has 0 unspecified atom stereocenters. The zero-order chi connectivity index (χ0) is 71.6. The fourth-order valence-corrected chi connectivity index (χ4v) is 11.0. The average Bonchev–Trinajstić information content (AvgIpc) is 1.84. The van der Waals surface area contributed by atoms with Crippen LogP contribution in [0.3, 0.4) is 0 Å². The number of thiocarbonyl (C=S) groups is 1. The Kier molecular flexibility index (Phi) is 35.6. The summed E-state index contributed by atoms with van der Waals surface area (Å²) in [6.07, 6.45) is 0. The molecule has 0 bridgehead atoms. The Morgan fingerprint density at radius 1 is 0.505 bits per heavy atom. The Morgan fingerprint density at radius 3 is 1.24 bits per heavy atom. The second kappa shape index (κ2) is 42.8. The number of amides is 2. The summed E-state index contributed by atoms with van der Waals surface area (Å²) in [5.74, 6) is -6.42. The van der Waals surface area contributed by atoms with Gasteiger partial charge in [0, 0.05) is 49.3 Å². The van der Waals surface area contributed by atoms with Crippen molar-refractivity contribution in [1.82, 2.24) is 19.9 Å². The molecule has 0 radical (unpaired) electrons. The summed E-state index contributed by atoms with van der Waals surface area (Å²) in [6.45, 7) is 16.2. The molecule has 0 saturated carbocycles. The Labute approximate surface area is 599 Å².